The van der Waals surface area contributed by atoms with Crippen molar-refractivity contribution >= 4 is 12.0 Å². The van der Waals surface area contributed by atoms with Crippen molar-refractivity contribution < 1.29 is 14.4 Å². The van der Waals surface area contributed by atoms with Crippen molar-refractivity contribution in [3.05, 3.63) is 53.2 Å². The average Bonchev–Trinajstić information content (AvgIpc) is 3.00. The van der Waals surface area contributed by atoms with E-state index in [0.29, 0.717) is 18.7 Å². The van der Waals surface area contributed by atoms with E-state index in [1.165, 1.54) is 11.8 Å². The normalized spacial score (nSPS) is 16.3. The lowest BCUT2D eigenvalue weighted by molar-refractivity contribution is -0.141. The van der Waals surface area contributed by atoms with Crippen molar-refractivity contribution in [3.63, 3.8) is 0 Å². The van der Waals surface area contributed by atoms with Gasteiger partial charge < -0.3 is 14.5 Å². The molecule has 1 unspecified atom stereocenters. The number of likely N-dealkylation sites (tertiary alicyclic amines) is 1. The van der Waals surface area contributed by atoms with Crippen LogP contribution in [0.15, 0.2) is 40.7 Å². The first-order chi connectivity index (χ1) is 11.1. The second kappa shape index (κ2) is 6.75. The maximum absolute atomic E-state index is 12.4. The predicted molar refractivity (Wildman–Crippen MR) is 84.2 cm³/mol. The van der Waals surface area contributed by atoms with Crippen LogP contribution in [0.25, 0.3) is 6.08 Å². The maximum Gasteiger partial charge on any atom is 0.256 e. The van der Waals surface area contributed by atoms with Gasteiger partial charge in [-0.25, -0.2) is 0 Å². The Balaban J connectivity index is 1.60. The molecular formula is C17H19N3O3. The van der Waals surface area contributed by atoms with Gasteiger partial charge in [0.15, 0.2) is 6.10 Å². The van der Waals surface area contributed by atoms with Gasteiger partial charge in [-0.3, -0.25) is 9.78 Å². The molecule has 6 heteroatoms. The fraction of sp³-hybridized carbons (Fsp3) is 0.353. The minimum atomic E-state index is -1.15. The number of hydrogen-bond acceptors (Lipinski definition) is 5. The van der Waals surface area contributed by atoms with Crippen molar-refractivity contribution in [2.24, 2.45) is 0 Å². The van der Waals surface area contributed by atoms with Crippen LogP contribution in [0.5, 0.6) is 0 Å². The molecule has 0 aromatic carbocycles. The smallest absolute Gasteiger partial charge is 0.256 e. The predicted octanol–water partition coefficient (Wildman–Crippen LogP) is 2.12. The van der Waals surface area contributed by atoms with Gasteiger partial charge in [0, 0.05) is 37.1 Å². The zero-order valence-corrected chi connectivity index (χ0v) is 13.0. The Hall–Kier alpha value is -2.47. The van der Waals surface area contributed by atoms with Crippen molar-refractivity contribution in [1.29, 1.82) is 0 Å². The van der Waals surface area contributed by atoms with Gasteiger partial charge in [-0.1, -0.05) is 16.8 Å². The number of aryl methyl sites for hydroxylation is 1. The van der Waals surface area contributed by atoms with E-state index in [2.05, 4.69) is 10.1 Å². The number of aliphatic hydroxyl groups excluding tert-OH is 1. The van der Waals surface area contributed by atoms with E-state index < -0.39 is 6.10 Å². The minimum absolute atomic E-state index is 0.269. The molecule has 1 saturated heterocycles. The molecule has 0 aliphatic carbocycles. The van der Waals surface area contributed by atoms with Crippen molar-refractivity contribution in [2.45, 2.75) is 25.9 Å². The van der Waals surface area contributed by atoms with E-state index in [9.17, 15) is 9.90 Å². The summed E-state index contributed by atoms with van der Waals surface area (Å²) >= 11 is 0. The van der Waals surface area contributed by atoms with Crippen LogP contribution >= 0.6 is 0 Å². The van der Waals surface area contributed by atoms with Gasteiger partial charge >= 0.3 is 0 Å². The topological polar surface area (TPSA) is 79.5 Å². The molecule has 2 aromatic rings. The van der Waals surface area contributed by atoms with Gasteiger partial charge in [0.05, 0.1) is 0 Å². The number of piperidine rings is 1. The second-order valence-electron chi connectivity index (χ2n) is 5.68. The van der Waals surface area contributed by atoms with Gasteiger partial charge in [0.1, 0.15) is 11.5 Å². The number of amides is 1. The minimum Gasteiger partial charge on any atom is -0.378 e. The molecule has 1 aliphatic rings. The van der Waals surface area contributed by atoms with Gasteiger partial charge in [-0.15, -0.1) is 0 Å². The Bertz CT molecular complexity index is 699. The molecule has 1 N–H and O–H groups in total. The van der Waals surface area contributed by atoms with Crippen LogP contribution in [-0.2, 0) is 4.79 Å². The Morgan fingerprint density at radius 3 is 2.83 bits per heavy atom. The van der Waals surface area contributed by atoms with E-state index in [-0.39, 0.29) is 5.91 Å². The molecule has 0 radical (unpaired) electrons. The number of nitrogens with zero attached hydrogens (tertiary/aromatic N) is 3. The number of rotatable bonds is 3. The fourth-order valence-electron chi connectivity index (χ4n) is 2.67. The van der Waals surface area contributed by atoms with Gasteiger partial charge in [-0.2, -0.15) is 0 Å². The molecule has 0 spiro atoms. The van der Waals surface area contributed by atoms with E-state index >= 15 is 0 Å². The first kappa shape index (κ1) is 15.4. The monoisotopic (exact) mass is 313 g/mol. The Morgan fingerprint density at radius 1 is 1.43 bits per heavy atom. The lowest BCUT2D eigenvalue weighted by Crippen LogP contribution is -2.39. The molecule has 3 rings (SSSR count). The summed E-state index contributed by atoms with van der Waals surface area (Å²) in [5.74, 6) is 0.512. The summed E-state index contributed by atoms with van der Waals surface area (Å²) in [7, 11) is 0. The van der Waals surface area contributed by atoms with Crippen molar-refractivity contribution in [2.75, 3.05) is 13.1 Å². The fourth-order valence-corrected chi connectivity index (χ4v) is 2.67. The zero-order chi connectivity index (χ0) is 16.2. The molecule has 3 heterocycles. The Kier molecular flexibility index (Phi) is 4.52. The molecule has 1 aliphatic heterocycles. The van der Waals surface area contributed by atoms with Gasteiger partial charge in [-0.05, 0) is 31.9 Å². The van der Waals surface area contributed by atoms with Crippen molar-refractivity contribution in [3.8, 4) is 0 Å². The molecule has 2 aromatic heterocycles. The maximum atomic E-state index is 12.4. The molecule has 120 valence electrons. The van der Waals surface area contributed by atoms with Crippen LogP contribution in [0, 0.1) is 6.92 Å². The quantitative estimate of drug-likeness (QED) is 0.939. The van der Waals surface area contributed by atoms with Crippen LogP contribution in [0.1, 0.15) is 36.0 Å². The zero-order valence-electron chi connectivity index (χ0n) is 13.0. The molecule has 23 heavy (non-hydrogen) atoms. The summed E-state index contributed by atoms with van der Waals surface area (Å²) < 4.78 is 5.05. The summed E-state index contributed by atoms with van der Waals surface area (Å²) in [4.78, 5) is 18.0. The number of aromatic nitrogens is 2. The van der Waals surface area contributed by atoms with E-state index in [0.717, 1.165) is 24.3 Å². The number of carbonyl (C=O) groups is 1. The standard InChI is InChI=1S/C17H19N3O3/c1-12-9-15(19-23-12)10-13-4-7-20(8-5-13)17(22)16(21)14-3-2-6-18-11-14/h2-3,6,9-11,16,21H,4-5,7-8H2,1H3. The van der Waals surface area contributed by atoms with Crippen LogP contribution in [0.4, 0.5) is 0 Å². The highest BCUT2D eigenvalue weighted by Gasteiger charge is 2.26. The molecule has 0 bridgehead atoms. The lowest BCUT2D eigenvalue weighted by Gasteiger charge is -2.30. The molecule has 1 fully saturated rings. The highest BCUT2D eigenvalue weighted by molar-refractivity contribution is 5.82. The highest BCUT2D eigenvalue weighted by Crippen LogP contribution is 2.22. The van der Waals surface area contributed by atoms with Crippen LogP contribution in [0.2, 0.25) is 0 Å². The third-order valence-corrected chi connectivity index (χ3v) is 3.95. The summed E-state index contributed by atoms with van der Waals surface area (Å²) in [6.45, 7) is 3.05. The Morgan fingerprint density at radius 2 is 2.22 bits per heavy atom. The Labute approximate surface area is 134 Å². The van der Waals surface area contributed by atoms with Crippen molar-refractivity contribution in [1.82, 2.24) is 15.0 Å². The molecule has 6 nitrogen and oxygen atoms in total. The van der Waals surface area contributed by atoms with E-state index in [4.69, 9.17) is 4.52 Å². The number of carbonyl (C=O) groups excluding carboxylic acids is 1. The lowest BCUT2D eigenvalue weighted by atomic mass is 10.0. The SMILES string of the molecule is Cc1cc(C=C2CCN(C(=O)C(O)c3cccnc3)CC2)no1. The van der Waals surface area contributed by atoms with Gasteiger partial charge in [0.25, 0.3) is 5.91 Å². The number of hydrogen-bond donors (Lipinski definition) is 1. The molecule has 1 amide bonds. The summed E-state index contributed by atoms with van der Waals surface area (Å²) in [6.07, 6.45) is 5.55. The third-order valence-electron chi connectivity index (χ3n) is 3.95. The van der Waals surface area contributed by atoms with E-state index in [1.807, 2.05) is 19.1 Å². The number of pyridine rings is 1. The number of aliphatic hydroxyl groups is 1. The van der Waals surface area contributed by atoms with Gasteiger partial charge in [0.2, 0.25) is 0 Å². The summed E-state index contributed by atoms with van der Waals surface area (Å²) in [5.41, 5.74) is 2.57. The summed E-state index contributed by atoms with van der Waals surface area (Å²) in [6, 6.07) is 5.30. The molecular weight excluding hydrogens is 294 g/mol. The molecule has 1 atom stereocenters. The van der Waals surface area contributed by atoms with E-state index in [1.54, 1.807) is 23.2 Å². The van der Waals surface area contributed by atoms with Crippen LogP contribution < -0.4 is 0 Å². The first-order valence-electron chi connectivity index (χ1n) is 7.63. The average molecular weight is 313 g/mol. The third kappa shape index (κ3) is 3.65. The highest BCUT2D eigenvalue weighted by atomic mass is 16.5. The second-order valence-corrected chi connectivity index (χ2v) is 5.68. The first-order valence-corrected chi connectivity index (χ1v) is 7.63. The van der Waals surface area contributed by atoms with Crippen LogP contribution in [-0.4, -0.2) is 39.1 Å². The largest absolute Gasteiger partial charge is 0.378 e. The summed E-state index contributed by atoms with van der Waals surface area (Å²) in [5, 5.41) is 14.1. The van der Waals surface area contributed by atoms with Crippen LogP contribution in [0.3, 0.4) is 0 Å². The molecule has 0 saturated carbocycles.